The summed E-state index contributed by atoms with van der Waals surface area (Å²) in [5, 5.41) is 16.1. The Kier molecular flexibility index (Phi) is 6.45. The van der Waals surface area contributed by atoms with Crippen molar-refractivity contribution in [3.63, 3.8) is 0 Å². The molecule has 0 aliphatic carbocycles. The van der Waals surface area contributed by atoms with Gasteiger partial charge in [-0.1, -0.05) is 29.8 Å². The highest BCUT2D eigenvalue weighted by molar-refractivity contribution is 6.31. The fourth-order valence-electron chi connectivity index (χ4n) is 2.80. The Balaban J connectivity index is 1.86. The zero-order chi connectivity index (χ0) is 23.5. The van der Waals surface area contributed by atoms with Gasteiger partial charge in [0.2, 0.25) is 0 Å². The molecule has 0 atom stereocenters. The zero-order valence-corrected chi connectivity index (χ0v) is 16.7. The second-order valence-corrected chi connectivity index (χ2v) is 6.89. The lowest BCUT2D eigenvalue weighted by molar-refractivity contribution is -0.385. The normalized spacial score (nSPS) is 11.0. The molecule has 0 fully saturated rings. The van der Waals surface area contributed by atoms with Crippen molar-refractivity contribution < 1.29 is 27.7 Å². The van der Waals surface area contributed by atoms with Crippen molar-refractivity contribution in [2.45, 2.75) is 6.18 Å². The van der Waals surface area contributed by atoms with E-state index in [0.29, 0.717) is 0 Å². The van der Waals surface area contributed by atoms with Gasteiger partial charge >= 0.3 is 6.18 Å². The molecule has 0 aromatic heterocycles. The number of nitrogens with zero attached hydrogens (tertiary/aromatic N) is 1. The van der Waals surface area contributed by atoms with E-state index in [1.54, 1.807) is 0 Å². The number of alkyl halides is 3. The van der Waals surface area contributed by atoms with Crippen molar-refractivity contribution >= 4 is 40.5 Å². The average molecular weight is 464 g/mol. The Morgan fingerprint density at radius 1 is 0.875 bits per heavy atom. The fourth-order valence-corrected chi connectivity index (χ4v) is 2.97. The molecule has 0 bridgehead atoms. The first-order valence-electron chi connectivity index (χ1n) is 8.89. The highest BCUT2D eigenvalue weighted by Gasteiger charge is 2.30. The summed E-state index contributed by atoms with van der Waals surface area (Å²) >= 11 is 5.75. The molecule has 0 radical (unpaired) electrons. The lowest BCUT2D eigenvalue weighted by Crippen LogP contribution is -2.19. The number of halogens is 4. The van der Waals surface area contributed by atoms with Crippen LogP contribution in [0.1, 0.15) is 26.3 Å². The highest BCUT2D eigenvalue weighted by atomic mass is 35.5. The van der Waals surface area contributed by atoms with Crippen LogP contribution in [0.2, 0.25) is 5.02 Å². The summed E-state index contributed by atoms with van der Waals surface area (Å²) in [7, 11) is 0. The number of amides is 2. The van der Waals surface area contributed by atoms with Gasteiger partial charge in [-0.2, -0.15) is 13.2 Å². The molecule has 2 N–H and O–H groups in total. The van der Waals surface area contributed by atoms with E-state index in [2.05, 4.69) is 10.6 Å². The molecule has 3 aromatic carbocycles. The van der Waals surface area contributed by atoms with Gasteiger partial charge in [-0.3, -0.25) is 19.7 Å². The molecule has 164 valence electrons. The average Bonchev–Trinajstić information content (AvgIpc) is 2.73. The van der Waals surface area contributed by atoms with Crippen molar-refractivity contribution in [1.82, 2.24) is 0 Å². The number of nitrogens with one attached hydrogen (secondary N) is 2. The van der Waals surface area contributed by atoms with E-state index in [1.807, 2.05) is 0 Å². The molecule has 0 unspecified atom stereocenters. The number of nitro benzene ring substituents is 1. The summed E-state index contributed by atoms with van der Waals surface area (Å²) in [6, 6.07) is 13.3. The molecule has 0 saturated carbocycles. The number of carbonyl (C=O) groups excluding carboxylic acids is 2. The number of rotatable bonds is 5. The molecule has 0 saturated heterocycles. The number of hydrogen-bond acceptors (Lipinski definition) is 4. The van der Waals surface area contributed by atoms with E-state index >= 15 is 0 Å². The monoisotopic (exact) mass is 463 g/mol. The number of anilines is 2. The van der Waals surface area contributed by atoms with Crippen LogP contribution in [0, 0.1) is 10.1 Å². The summed E-state index contributed by atoms with van der Waals surface area (Å²) in [4.78, 5) is 35.7. The van der Waals surface area contributed by atoms with Crippen molar-refractivity contribution in [2.24, 2.45) is 0 Å². The van der Waals surface area contributed by atoms with Crippen molar-refractivity contribution in [3.8, 4) is 0 Å². The second kappa shape index (κ2) is 9.06. The van der Waals surface area contributed by atoms with E-state index < -0.39 is 34.2 Å². The maximum atomic E-state index is 12.9. The minimum Gasteiger partial charge on any atom is -0.322 e. The summed E-state index contributed by atoms with van der Waals surface area (Å²) in [6.45, 7) is 0. The van der Waals surface area contributed by atoms with Gasteiger partial charge in [-0.15, -0.1) is 0 Å². The second-order valence-electron chi connectivity index (χ2n) is 6.45. The van der Waals surface area contributed by atoms with Crippen LogP contribution >= 0.6 is 11.6 Å². The Bertz CT molecular complexity index is 1210. The van der Waals surface area contributed by atoms with E-state index in [-0.39, 0.29) is 27.5 Å². The Hall–Kier alpha value is -3.92. The molecular formula is C21H13ClF3N3O4. The van der Waals surface area contributed by atoms with Crippen LogP contribution in [-0.4, -0.2) is 16.7 Å². The molecule has 3 aromatic rings. The van der Waals surface area contributed by atoms with E-state index in [1.165, 1.54) is 42.5 Å². The van der Waals surface area contributed by atoms with Gasteiger partial charge in [0.25, 0.3) is 17.5 Å². The molecule has 11 heteroatoms. The fraction of sp³-hybridized carbons (Fsp3) is 0.0476. The first-order valence-corrected chi connectivity index (χ1v) is 9.27. The SMILES string of the molecule is O=C(Nc1cccc(C(F)(F)F)c1)c1ccccc1NC(=O)c1ccc(Cl)cc1[N+](=O)[O-]. The van der Waals surface area contributed by atoms with Gasteiger partial charge in [0.05, 0.1) is 21.7 Å². The Labute approximate surface area is 184 Å². The summed E-state index contributed by atoms with van der Waals surface area (Å²) in [6.07, 6.45) is -4.58. The molecule has 0 heterocycles. The van der Waals surface area contributed by atoms with Crippen LogP contribution < -0.4 is 10.6 Å². The van der Waals surface area contributed by atoms with Crippen LogP contribution in [0.5, 0.6) is 0 Å². The third-order valence-electron chi connectivity index (χ3n) is 4.27. The molecular weight excluding hydrogens is 451 g/mol. The number of nitro groups is 1. The Morgan fingerprint density at radius 3 is 2.25 bits per heavy atom. The van der Waals surface area contributed by atoms with Crippen molar-refractivity contribution in [1.29, 1.82) is 0 Å². The third-order valence-corrected chi connectivity index (χ3v) is 4.50. The lowest BCUT2D eigenvalue weighted by atomic mass is 10.1. The Morgan fingerprint density at radius 2 is 1.56 bits per heavy atom. The number of carbonyl (C=O) groups is 2. The summed E-state index contributed by atoms with van der Waals surface area (Å²) in [5.74, 6) is -1.65. The topological polar surface area (TPSA) is 101 Å². The predicted molar refractivity (Wildman–Crippen MR) is 112 cm³/mol. The van der Waals surface area contributed by atoms with Gasteiger partial charge in [0.1, 0.15) is 5.56 Å². The minimum absolute atomic E-state index is 0.00576. The molecule has 0 aliphatic rings. The first-order chi connectivity index (χ1) is 15.1. The largest absolute Gasteiger partial charge is 0.416 e. The highest BCUT2D eigenvalue weighted by Crippen LogP contribution is 2.31. The van der Waals surface area contributed by atoms with E-state index in [0.717, 1.165) is 24.3 Å². The van der Waals surface area contributed by atoms with Gasteiger partial charge in [0, 0.05) is 16.8 Å². The van der Waals surface area contributed by atoms with Crippen LogP contribution in [0.4, 0.5) is 30.2 Å². The third kappa shape index (κ3) is 5.22. The zero-order valence-electron chi connectivity index (χ0n) is 15.9. The standard InChI is InChI=1S/C21H13ClF3N3O4/c22-13-8-9-16(18(11-13)28(31)32)20(30)27-17-7-2-1-6-15(17)19(29)26-14-5-3-4-12(10-14)21(23,24)25/h1-11H,(H,26,29)(H,27,30). The van der Waals surface area contributed by atoms with Crippen LogP contribution in [0.15, 0.2) is 66.7 Å². The predicted octanol–water partition coefficient (Wildman–Crippen LogP) is 5.77. The molecule has 0 spiro atoms. The molecule has 2 amide bonds. The minimum atomic E-state index is -4.58. The maximum Gasteiger partial charge on any atom is 0.416 e. The summed E-state index contributed by atoms with van der Waals surface area (Å²) < 4.78 is 38.7. The van der Waals surface area contributed by atoms with Gasteiger partial charge in [-0.05, 0) is 42.5 Å². The van der Waals surface area contributed by atoms with Crippen molar-refractivity contribution in [2.75, 3.05) is 10.6 Å². The van der Waals surface area contributed by atoms with E-state index in [4.69, 9.17) is 11.6 Å². The van der Waals surface area contributed by atoms with Gasteiger partial charge in [-0.25, -0.2) is 0 Å². The smallest absolute Gasteiger partial charge is 0.322 e. The van der Waals surface area contributed by atoms with Crippen LogP contribution in [0.3, 0.4) is 0 Å². The number of para-hydroxylation sites is 1. The molecule has 7 nitrogen and oxygen atoms in total. The summed E-state index contributed by atoms with van der Waals surface area (Å²) in [5.41, 5.74) is -1.90. The quantitative estimate of drug-likeness (QED) is 0.370. The maximum absolute atomic E-state index is 12.9. The molecule has 32 heavy (non-hydrogen) atoms. The van der Waals surface area contributed by atoms with Crippen LogP contribution in [-0.2, 0) is 6.18 Å². The number of hydrogen-bond donors (Lipinski definition) is 2. The molecule has 0 aliphatic heterocycles. The number of benzene rings is 3. The van der Waals surface area contributed by atoms with E-state index in [9.17, 15) is 32.9 Å². The van der Waals surface area contributed by atoms with Gasteiger partial charge in [0.15, 0.2) is 0 Å². The van der Waals surface area contributed by atoms with Gasteiger partial charge < -0.3 is 10.6 Å². The lowest BCUT2D eigenvalue weighted by Gasteiger charge is -2.13. The molecule has 3 rings (SSSR count). The van der Waals surface area contributed by atoms with Crippen LogP contribution in [0.25, 0.3) is 0 Å². The van der Waals surface area contributed by atoms with Crippen molar-refractivity contribution in [3.05, 3.63) is 98.6 Å². The first kappa shape index (κ1) is 22.8.